The number of rotatable bonds is 8. The van der Waals surface area contributed by atoms with Gasteiger partial charge in [-0.2, -0.15) is 0 Å². The lowest BCUT2D eigenvalue weighted by atomic mass is 9.75. The Bertz CT molecular complexity index is 982. The van der Waals surface area contributed by atoms with Crippen LogP contribution in [0.5, 0.6) is 5.75 Å². The summed E-state index contributed by atoms with van der Waals surface area (Å²) < 4.78 is 10.9. The van der Waals surface area contributed by atoms with Gasteiger partial charge in [-0.15, -0.1) is 0 Å². The molecular weight excluding hydrogens is 386 g/mol. The van der Waals surface area contributed by atoms with Gasteiger partial charge in [0.25, 0.3) is 0 Å². The summed E-state index contributed by atoms with van der Waals surface area (Å²) >= 11 is 0. The van der Waals surface area contributed by atoms with E-state index < -0.39 is 5.41 Å². The number of ether oxygens (including phenoxy) is 2. The summed E-state index contributed by atoms with van der Waals surface area (Å²) in [4.78, 5) is 14.9. The number of cyclic esters (lactones) is 1. The number of benzene rings is 2. The number of esters is 1. The molecule has 2 aliphatic rings. The molecule has 0 bridgehead atoms. The van der Waals surface area contributed by atoms with E-state index in [1.807, 2.05) is 0 Å². The Hall–Kier alpha value is -2.59. The molecule has 4 rings (SSSR count). The predicted molar refractivity (Wildman–Crippen MR) is 123 cm³/mol. The summed E-state index contributed by atoms with van der Waals surface area (Å²) in [6.45, 7) is 8.61. The summed E-state index contributed by atoms with van der Waals surface area (Å²) in [6, 6.07) is 15.1. The van der Waals surface area contributed by atoms with E-state index in [0.29, 0.717) is 6.61 Å². The smallest absolute Gasteiger partial charge is 0.313 e. The maximum Gasteiger partial charge on any atom is 0.313 e. The molecule has 2 fully saturated rings. The zero-order valence-corrected chi connectivity index (χ0v) is 18.9. The first-order chi connectivity index (χ1) is 14.9. The molecule has 0 aromatic heterocycles. The Morgan fingerprint density at radius 1 is 1.19 bits per heavy atom. The first kappa shape index (κ1) is 21.6. The molecule has 0 radical (unpaired) electrons. The van der Waals surface area contributed by atoms with Crippen LogP contribution in [0.25, 0.3) is 0 Å². The van der Waals surface area contributed by atoms with Gasteiger partial charge in [-0.05, 0) is 68.0 Å². The SMILES string of the molecule is C=C1CC2COC(=O)C2(Cc2cccc(CN(C)CCc3ccc(C)c(OC)c3)c2)C1. The normalized spacial score (nSPS) is 22.6. The van der Waals surface area contributed by atoms with Gasteiger partial charge in [0, 0.05) is 19.0 Å². The van der Waals surface area contributed by atoms with Gasteiger partial charge in [0.15, 0.2) is 0 Å². The number of hydrogen-bond donors (Lipinski definition) is 0. The number of fused-ring (bicyclic) bond motifs is 1. The van der Waals surface area contributed by atoms with Crippen LogP contribution < -0.4 is 4.74 Å². The molecule has 2 aromatic carbocycles. The third-order valence-electron chi connectivity index (χ3n) is 6.92. The van der Waals surface area contributed by atoms with Crippen LogP contribution in [-0.2, 0) is 28.9 Å². The zero-order valence-electron chi connectivity index (χ0n) is 18.9. The lowest BCUT2D eigenvalue weighted by molar-refractivity contribution is -0.146. The fraction of sp³-hybridized carbons (Fsp3) is 0.444. The number of carbonyl (C=O) groups is 1. The molecule has 0 spiro atoms. The Morgan fingerprint density at radius 2 is 2.00 bits per heavy atom. The van der Waals surface area contributed by atoms with Gasteiger partial charge in [0.05, 0.1) is 19.1 Å². The Labute approximate surface area is 185 Å². The van der Waals surface area contributed by atoms with Crippen molar-refractivity contribution in [1.29, 1.82) is 0 Å². The van der Waals surface area contributed by atoms with E-state index in [4.69, 9.17) is 9.47 Å². The first-order valence-corrected chi connectivity index (χ1v) is 11.1. The van der Waals surface area contributed by atoms with Crippen LogP contribution in [0, 0.1) is 18.3 Å². The Balaban J connectivity index is 1.38. The van der Waals surface area contributed by atoms with Crippen LogP contribution >= 0.6 is 0 Å². The Morgan fingerprint density at radius 3 is 2.81 bits per heavy atom. The number of hydrogen-bond acceptors (Lipinski definition) is 4. The van der Waals surface area contributed by atoms with E-state index >= 15 is 0 Å². The molecule has 2 unspecified atom stereocenters. The van der Waals surface area contributed by atoms with Crippen LogP contribution in [0.1, 0.15) is 35.1 Å². The molecule has 1 aliphatic heterocycles. The second-order valence-corrected chi connectivity index (χ2v) is 9.37. The summed E-state index contributed by atoms with van der Waals surface area (Å²) in [7, 11) is 3.88. The van der Waals surface area contributed by atoms with Crippen LogP contribution in [-0.4, -0.2) is 38.2 Å². The summed E-state index contributed by atoms with van der Waals surface area (Å²) in [6.07, 6.45) is 3.40. The van der Waals surface area contributed by atoms with Gasteiger partial charge in [-0.25, -0.2) is 0 Å². The second-order valence-electron chi connectivity index (χ2n) is 9.37. The minimum atomic E-state index is -0.397. The molecule has 1 saturated carbocycles. The van der Waals surface area contributed by atoms with Crippen molar-refractivity contribution in [3.8, 4) is 5.75 Å². The molecule has 0 amide bonds. The monoisotopic (exact) mass is 419 g/mol. The average molecular weight is 420 g/mol. The van der Waals surface area contributed by atoms with Crippen molar-refractivity contribution < 1.29 is 14.3 Å². The predicted octanol–water partition coefficient (Wildman–Crippen LogP) is 4.73. The molecular formula is C27H33NO3. The minimum Gasteiger partial charge on any atom is -0.496 e. The minimum absolute atomic E-state index is 0.0350. The lowest BCUT2D eigenvalue weighted by Gasteiger charge is -2.24. The fourth-order valence-electron chi connectivity index (χ4n) is 5.20. The molecule has 4 heteroatoms. The second kappa shape index (κ2) is 8.88. The van der Waals surface area contributed by atoms with E-state index in [9.17, 15) is 4.79 Å². The largest absolute Gasteiger partial charge is 0.496 e. The van der Waals surface area contributed by atoms with E-state index in [1.54, 1.807) is 7.11 Å². The zero-order chi connectivity index (χ0) is 22.0. The van der Waals surface area contributed by atoms with Gasteiger partial charge in [-0.3, -0.25) is 4.79 Å². The van der Waals surface area contributed by atoms with E-state index in [2.05, 4.69) is 67.9 Å². The number of aryl methyl sites for hydroxylation is 1. The van der Waals surface area contributed by atoms with Crippen molar-refractivity contribution in [1.82, 2.24) is 4.90 Å². The van der Waals surface area contributed by atoms with Gasteiger partial charge < -0.3 is 14.4 Å². The number of allylic oxidation sites excluding steroid dienone is 1. The molecule has 1 aliphatic carbocycles. The highest BCUT2D eigenvalue weighted by Crippen LogP contribution is 2.52. The highest BCUT2D eigenvalue weighted by atomic mass is 16.5. The van der Waals surface area contributed by atoms with Gasteiger partial charge >= 0.3 is 5.97 Å². The van der Waals surface area contributed by atoms with Gasteiger partial charge in [-0.1, -0.05) is 48.6 Å². The van der Waals surface area contributed by atoms with Gasteiger partial charge in [0.1, 0.15) is 5.75 Å². The average Bonchev–Trinajstić information content (AvgIpc) is 3.21. The topological polar surface area (TPSA) is 38.8 Å². The standard InChI is InChI=1S/C27H33NO3/c1-19-12-24-18-31-26(29)27(24,15-19)16-22-6-5-7-23(13-22)17-28(3)11-10-21-9-8-20(2)25(14-21)30-4/h5-9,13-14,24H,1,10-12,15-18H2,2-4H3. The molecule has 4 nitrogen and oxygen atoms in total. The van der Waals surface area contributed by atoms with Crippen molar-refractivity contribution in [2.75, 3.05) is 27.3 Å². The first-order valence-electron chi connectivity index (χ1n) is 11.1. The van der Waals surface area contributed by atoms with Crippen LogP contribution in [0.4, 0.5) is 0 Å². The van der Waals surface area contributed by atoms with Crippen LogP contribution in [0.15, 0.2) is 54.6 Å². The number of nitrogens with zero attached hydrogens (tertiary/aromatic N) is 1. The van der Waals surface area contributed by atoms with Crippen molar-refractivity contribution in [2.24, 2.45) is 11.3 Å². The van der Waals surface area contributed by atoms with Crippen LogP contribution in [0.3, 0.4) is 0 Å². The number of methoxy groups -OCH3 is 1. The van der Waals surface area contributed by atoms with E-state index in [-0.39, 0.29) is 11.9 Å². The molecule has 164 valence electrons. The molecule has 2 aromatic rings. The highest BCUT2D eigenvalue weighted by Gasteiger charge is 2.55. The summed E-state index contributed by atoms with van der Waals surface area (Å²) in [5, 5.41) is 0. The molecule has 0 N–H and O–H groups in total. The summed E-state index contributed by atoms with van der Waals surface area (Å²) in [5.74, 6) is 1.20. The third kappa shape index (κ3) is 4.54. The molecule has 1 saturated heterocycles. The van der Waals surface area contributed by atoms with Crippen molar-refractivity contribution >= 4 is 5.97 Å². The molecule has 2 atom stereocenters. The fourth-order valence-corrected chi connectivity index (χ4v) is 5.20. The number of likely N-dealkylation sites (N-methyl/N-ethyl adjacent to an activating group) is 1. The molecule has 1 heterocycles. The van der Waals surface area contributed by atoms with E-state index in [1.165, 1.54) is 22.3 Å². The lowest BCUT2D eigenvalue weighted by Crippen LogP contribution is -2.31. The maximum atomic E-state index is 12.6. The summed E-state index contributed by atoms with van der Waals surface area (Å²) in [5.41, 5.74) is 5.73. The van der Waals surface area contributed by atoms with Crippen LogP contribution in [0.2, 0.25) is 0 Å². The number of carbonyl (C=O) groups excluding carboxylic acids is 1. The van der Waals surface area contributed by atoms with Crippen molar-refractivity contribution in [3.05, 3.63) is 76.9 Å². The van der Waals surface area contributed by atoms with Crippen molar-refractivity contribution in [2.45, 2.75) is 39.2 Å². The Kier molecular flexibility index (Phi) is 6.19. The highest BCUT2D eigenvalue weighted by molar-refractivity contribution is 5.81. The maximum absolute atomic E-state index is 12.6. The van der Waals surface area contributed by atoms with Gasteiger partial charge in [0.2, 0.25) is 0 Å². The third-order valence-corrected chi connectivity index (χ3v) is 6.92. The van der Waals surface area contributed by atoms with E-state index in [0.717, 1.165) is 50.1 Å². The van der Waals surface area contributed by atoms with Crippen molar-refractivity contribution in [3.63, 3.8) is 0 Å². The molecule has 31 heavy (non-hydrogen) atoms. The quantitative estimate of drug-likeness (QED) is 0.458.